The van der Waals surface area contributed by atoms with E-state index in [0.717, 1.165) is 32.2 Å². The lowest BCUT2D eigenvalue weighted by Gasteiger charge is -2.33. The molecule has 6 nitrogen and oxygen atoms in total. The minimum Gasteiger partial charge on any atom is -0.381 e. The van der Waals surface area contributed by atoms with Crippen molar-refractivity contribution in [2.45, 2.75) is 23.4 Å². The lowest BCUT2D eigenvalue weighted by Crippen LogP contribution is -2.53. The first-order chi connectivity index (χ1) is 14.1. The van der Waals surface area contributed by atoms with Gasteiger partial charge >= 0.3 is 0 Å². The third-order valence-corrected chi connectivity index (χ3v) is 7.38. The molecular formula is C20H22ClN5OS2. The van der Waals surface area contributed by atoms with Gasteiger partial charge in [-0.1, -0.05) is 35.5 Å². The number of pyridine rings is 1. The first-order valence-electron chi connectivity index (χ1n) is 9.23. The number of benzene rings is 1. The molecule has 0 saturated carbocycles. The zero-order valence-electron chi connectivity index (χ0n) is 15.9. The summed E-state index contributed by atoms with van der Waals surface area (Å²) in [5.74, 6) is 0. The monoisotopic (exact) mass is 447 g/mol. The number of ether oxygens (including phenoxy) is 1. The molecule has 0 spiro atoms. The number of nitrogens with one attached hydrogen (secondary N) is 1. The number of halogens is 1. The Morgan fingerprint density at radius 1 is 1.31 bits per heavy atom. The molecule has 4 rings (SSSR count). The van der Waals surface area contributed by atoms with E-state index in [0.29, 0.717) is 13.2 Å². The molecule has 29 heavy (non-hydrogen) atoms. The summed E-state index contributed by atoms with van der Waals surface area (Å²) in [7, 11) is 1.69. The zero-order chi connectivity index (χ0) is 20.3. The van der Waals surface area contributed by atoms with E-state index in [-0.39, 0.29) is 11.3 Å². The second-order valence-electron chi connectivity index (χ2n) is 6.97. The molecule has 2 unspecified atom stereocenters. The predicted octanol–water partition coefficient (Wildman–Crippen LogP) is 3.66. The summed E-state index contributed by atoms with van der Waals surface area (Å²) in [4.78, 5) is 13.8. The van der Waals surface area contributed by atoms with E-state index < -0.39 is 5.66 Å². The summed E-state index contributed by atoms with van der Waals surface area (Å²) >= 11 is 9.27. The molecule has 1 aliphatic heterocycles. The van der Waals surface area contributed by atoms with Crippen molar-refractivity contribution in [3.05, 3.63) is 58.3 Å². The third kappa shape index (κ3) is 4.63. The van der Waals surface area contributed by atoms with Gasteiger partial charge in [0.05, 0.1) is 22.4 Å². The molecule has 0 saturated heterocycles. The van der Waals surface area contributed by atoms with Crippen molar-refractivity contribution in [2.24, 2.45) is 10.7 Å². The molecule has 3 aromatic rings. The number of hydrogen-bond acceptors (Lipinski definition) is 8. The Bertz CT molecular complexity index is 963. The van der Waals surface area contributed by atoms with E-state index >= 15 is 0 Å². The number of methoxy groups -OCH3 is 1. The first kappa shape index (κ1) is 20.7. The fourth-order valence-corrected chi connectivity index (χ4v) is 5.78. The van der Waals surface area contributed by atoms with E-state index in [1.165, 1.54) is 0 Å². The Balaban J connectivity index is 1.49. The van der Waals surface area contributed by atoms with Crippen molar-refractivity contribution in [2.75, 3.05) is 20.3 Å². The van der Waals surface area contributed by atoms with E-state index in [4.69, 9.17) is 32.0 Å². The van der Waals surface area contributed by atoms with Crippen molar-refractivity contribution < 1.29 is 4.74 Å². The van der Waals surface area contributed by atoms with Gasteiger partial charge in [-0.15, -0.1) is 11.3 Å². The van der Waals surface area contributed by atoms with Crippen molar-refractivity contribution in [3.63, 3.8) is 0 Å². The molecule has 1 aliphatic rings. The van der Waals surface area contributed by atoms with Gasteiger partial charge in [0, 0.05) is 37.1 Å². The molecule has 0 bridgehead atoms. The summed E-state index contributed by atoms with van der Waals surface area (Å²) in [6.07, 6.45) is 4.37. The minimum atomic E-state index is -0.599. The first-order valence-corrected chi connectivity index (χ1v) is 11.4. The molecule has 1 aromatic carbocycles. The van der Waals surface area contributed by atoms with Crippen LogP contribution in [0.3, 0.4) is 0 Å². The average molecular weight is 448 g/mol. The molecule has 152 valence electrons. The lowest BCUT2D eigenvalue weighted by molar-refractivity contribution is 0.112. The van der Waals surface area contributed by atoms with E-state index in [2.05, 4.69) is 10.3 Å². The van der Waals surface area contributed by atoms with Crippen LogP contribution in [-0.2, 0) is 11.2 Å². The molecule has 0 fully saturated rings. The molecular weight excluding hydrogens is 426 g/mol. The number of aromatic nitrogens is 2. The fourth-order valence-electron chi connectivity index (χ4n) is 3.36. The van der Waals surface area contributed by atoms with Crippen LogP contribution in [0.1, 0.15) is 15.8 Å². The Hall–Kier alpha value is -1.55. The van der Waals surface area contributed by atoms with Crippen molar-refractivity contribution in [1.82, 2.24) is 15.3 Å². The molecule has 9 heteroatoms. The topological polar surface area (TPSA) is 85.4 Å². The van der Waals surface area contributed by atoms with Crippen molar-refractivity contribution >= 4 is 50.5 Å². The standard InChI is InChI=1S/C20H22ClN5OS2/c1-27-11-20(24-9-15(22)8-13-2-4-14(21)5-3-13)18(28-12-25-20)19-26-16-6-7-23-10-17(16)29-19/h2-7,10,12,15,18,24H,8-9,11,22H2,1H3/t15-,18?,20?/m0/s1. The van der Waals surface area contributed by atoms with E-state index in [1.807, 2.05) is 42.1 Å². The van der Waals surface area contributed by atoms with Gasteiger partial charge in [0.25, 0.3) is 0 Å². The van der Waals surface area contributed by atoms with Crippen LogP contribution >= 0.6 is 34.7 Å². The second kappa shape index (κ2) is 9.07. The largest absolute Gasteiger partial charge is 0.381 e. The summed E-state index contributed by atoms with van der Waals surface area (Å²) in [6, 6.07) is 9.66. The highest BCUT2D eigenvalue weighted by molar-refractivity contribution is 8.12. The Morgan fingerprint density at radius 2 is 2.14 bits per heavy atom. The number of thiazole rings is 1. The minimum absolute atomic E-state index is 0.0163. The van der Waals surface area contributed by atoms with Crippen LogP contribution in [-0.4, -0.2) is 47.5 Å². The van der Waals surface area contributed by atoms with Gasteiger partial charge in [-0.25, -0.2) is 4.98 Å². The van der Waals surface area contributed by atoms with Crippen LogP contribution in [0.25, 0.3) is 10.2 Å². The van der Waals surface area contributed by atoms with Crippen molar-refractivity contribution in [1.29, 1.82) is 0 Å². The number of fused-ring (bicyclic) bond motifs is 1. The summed E-state index contributed by atoms with van der Waals surface area (Å²) in [5.41, 5.74) is 9.80. The summed E-state index contributed by atoms with van der Waals surface area (Å²) in [6.45, 7) is 1.04. The Kier molecular flexibility index (Phi) is 6.48. The highest BCUT2D eigenvalue weighted by atomic mass is 35.5. The van der Waals surface area contributed by atoms with Gasteiger partial charge in [-0.05, 0) is 30.2 Å². The average Bonchev–Trinajstić information content (AvgIpc) is 3.32. The number of aliphatic imine (C=N–C) groups is 1. The summed E-state index contributed by atoms with van der Waals surface area (Å²) in [5, 5.41) is 5.33. The van der Waals surface area contributed by atoms with Crippen LogP contribution in [0.4, 0.5) is 0 Å². The van der Waals surface area contributed by atoms with Crippen LogP contribution in [0.2, 0.25) is 5.02 Å². The number of rotatable bonds is 8. The number of nitrogens with zero attached hydrogens (tertiary/aromatic N) is 3. The maximum atomic E-state index is 6.41. The van der Waals surface area contributed by atoms with Crippen LogP contribution in [0.15, 0.2) is 47.7 Å². The number of nitrogens with two attached hydrogens (primary N) is 1. The molecule has 3 heterocycles. The van der Waals surface area contributed by atoms with Crippen LogP contribution < -0.4 is 11.1 Å². The van der Waals surface area contributed by atoms with Gasteiger partial charge in [0.2, 0.25) is 0 Å². The molecule has 2 aromatic heterocycles. The van der Waals surface area contributed by atoms with Crippen LogP contribution in [0, 0.1) is 0 Å². The third-order valence-electron chi connectivity index (χ3n) is 4.79. The molecule has 0 amide bonds. The highest BCUT2D eigenvalue weighted by Gasteiger charge is 2.44. The quantitative estimate of drug-likeness (QED) is 0.548. The SMILES string of the molecule is COCC1(NC[C@@H](N)Cc2ccc(Cl)cc2)N=CSC1c1nc2ccncc2s1. The molecule has 3 atom stereocenters. The molecule has 0 radical (unpaired) electrons. The van der Waals surface area contributed by atoms with E-state index in [1.54, 1.807) is 36.4 Å². The Morgan fingerprint density at radius 3 is 2.90 bits per heavy atom. The Labute approximate surface area is 182 Å². The smallest absolute Gasteiger partial charge is 0.153 e. The maximum Gasteiger partial charge on any atom is 0.153 e. The van der Waals surface area contributed by atoms with Gasteiger partial charge in [0.1, 0.15) is 10.3 Å². The van der Waals surface area contributed by atoms with E-state index in [9.17, 15) is 0 Å². The fraction of sp³-hybridized carbons (Fsp3) is 0.350. The van der Waals surface area contributed by atoms with Gasteiger partial charge in [-0.3, -0.25) is 15.3 Å². The van der Waals surface area contributed by atoms with Crippen molar-refractivity contribution in [3.8, 4) is 0 Å². The van der Waals surface area contributed by atoms with Gasteiger partial charge in [-0.2, -0.15) is 0 Å². The lowest BCUT2D eigenvalue weighted by atomic mass is 10.0. The maximum absolute atomic E-state index is 6.41. The highest BCUT2D eigenvalue weighted by Crippen LogP contribution is 2.45. The molecule has 3 N–H and O–H groups in total. The van der Waals surface area contributed by atoms with Crippen LogP contribution in [0.5, 0.6) is 0 Å². The van der Waals surface area contributed by atoms with Gasteiger partial charge in [0.15, 0.2) is 5.66 Å². The number of thioether (sulfide) groups is 1. The molecule has 0 aliphatic carbocycles. The zero-order valence-corrected chi connectivity index (χ0v) is 18.3. The van der Waals surface area contributed by atoms with Gasteiger partial charge < -0.3 is 10.5 Å². The summed E-state index contributed by atoms with van der Waals surface area (Å²) < 4.78 is 6.61. The number of hydrogen-bond donors (Lipinski definition) is 2. The normalized spacial score (nSPS) is 22.4. The second-order valence-corrected chi connectivity index (χ2v) is 9.43. The predicted molar refractivity (Wildman–Crippen MR) is 122 cm³/mol.